The van der Waals surface area contributed by atoms with Crippen molar-refractivity contribution in [3.05, 3.63) is 29.8 Å². The van der Waals surface area contributed by atoms with E-state index in [-0.39, 0.29) is 16.7 Å². The van der Waals surface area contributed by atoms with Crippen molar-refractivity contribution in [2.75, 3.05) is 26.3 Å². The fourth-order valence-electron chi connectivity index (χ4n) is 2.72. The molecule has 0 bridgehead atoms. The largest absolute Gasteiger partial charge is 0.379 e. The van der Waals surface area contributed by atoms with Gasteiger partial charge in [-0.1, -0.05) is 19.1 Å². The van der Waals surface area contributed by atoms with Crippen molar-refractivity contribution < 1.29 is 17.9 Å². The lowest BCUT2D eigenvalue weighted by Crippen LogP contribution is -2.40. The van der Waals surface area contributed by atoms with Gasteiger partial charge in [0.2, 0.25) is 15.9 Å². The van der Waals surface area contributed by atoms with Crippen LogP contribution < -0.4 is 5.32 Å². The molecule has 1 aromatic rings. The Bertz CT molecular complexity index is 666. The summed E-state index contributed by atoms with van der Waals surface area (Å²) in [4.78, 5) is 12.1. The summed E-state index contributed by atoms with van der Waals surface area (Å²) < 4.78 is 31.6. The Balaban J connectivity index is 1.61. The standard InChI is InChI=1S/C16H22N2O4S/c1-12-10-15(12)16(19)17-11-13-2-4-14(5-3-13)23(20,21)18-6-8-22-9-7-18/h2-5,12,15H,6-11H2,1H3,(H,17,19)/t12-,15+/m1/s1. The molecule has 1 aliphatic heterocycles. The summed E-state index contributed by atoms with van der Waals surface area (Å²) in [5.74, 6) is 0.717. The molecular weight excluding hydrogens is 316 g/mol. The average Bonchev–Trinajstić information content (AvgIpc) is 3.31. The van der Waals surface area contributed by atoms with Crippen LogP contribution in [0.3, 0.4) is 0 Å². The Labute approximate surface area is 136 Å². The number of benzene rings is 1. The summed E-state index contributed by atoms with van der Waals surface area (Å²) >= 11 is 0. The SMILES string of the molecule is C[C@@H]1C[C@@H]1C(=O)NCc1ccc(S(=O)(=O)N2CCOCC2)cc1. The first-order valence-electron chi connectivity index (χ1n) is 7.93. The Hall–Kier alpha value is -1.44. The summed E-state index contributed by atoms with van der Waals surface area (Å²) in [6, 6.07) is 6.71. The maximum Gasteiger partial charge on any atom is 0.243 e. The Morgan fingerprint density at radius 3 is 2.43 bits per heavy atom. The molecule has 2 aliphatic rings. The molecule has 1 saturated carbocycles. The first kappa shape index (κ1) is 16.4. The summed E-state index contributed by atoms with van der Waals surface area (Å²) in [6.45, 7) is 4.14. The fraction of sp³-hybridized carbons (Fsp3) is 0.562. The number of carbonyl (C=O) groups excluding carboxylic acids is 1. The van der Waals surface area contributed by atoms with Crippen molar-refractivity contribution >= 4 is 15.9 Å². The van der Waals surface area contributed by atoms with E-state index >= 15 is 0 Å². The predicted octanol–water partition coefficient (Wildman–Crippen LogP) is 0.980. The summed E-state index contributed by atoms with van der Waals surface area (Å²) in [6.07, 6.45) is 0.961. The predicted molar refractivity (Wildman–Crippen MR) is 85.1 cm³/mol. The van der Waals surface area contributed by atoms with Crippen LogP contribution in [0.2, 0.25) is 0 Å². The third-order valence-electron chi connectivity index (χ3n) is 4.44. The van der Waals surface area contributed by atoms with Gasteiger partial charge in [-0.05, 0) is 30.0 Å². The number of morpholine rings is 1. The van der Waals surface area contributed by atoms with Gasteiger partial charge >= 0.3 is 0 Å². The molecule has 1 amide bonds. The van der Waals surface area contributed by atoms with Crippen LogP contribution in [0.5, 0.6) is 0 Å². The molecule has 3 rings (SSSR count). The molecule has 1 saturated heterocycles. The second-order valence-electron chi connectivity index (χ2n) is 6.20. The number of carbonyl (C=O) groups is 1. The number of rotatable bonds is 5. The van der Waals surface area contributed by atoms with Gasteiger partial charge in [0.15, 0.2) is 0 Å². The minimum Gasteiger partial charge on any atom is -0.379 e. The summed E-state index contributed by atoms with van der Waals surface area (Å²) in [7, 11) is -3.45. The molecule has 2 atom stereocenters. The summed E-state index contributed by atoms with van der Waals surface area (Å²) in [5.41, 5.74) is 0.896. The third-order valence-corrected chi connectivity index (χ3v) is 6.36. The Morgan fingerprint density at radius 2 is 1.87 bits per heavy atom. The van der Waals surface area contributed by atoms with Crippen LogP contribution in [0.4, 0.5) is 0 Å². The zero-order valence-electron chi connectivity index (χ0n) is 13.2. The third kappa shape index (κ3) is 3.73. The lowest BCUT2D eigenvalue weighted by molar-refractivity contribution is -0.122. The van der Waals surface area contributed by atoms with Crippen LogP contribution in [-0.4, -0.2) is 44.9 Å². The molecule has 7 heteroatoms. The molecule has 0 radical (unpaired) electrons. The quantitative estimate of drug-likeness (QED) is 0.868. The van der Waals surface area contributed by atoms with Crippen LogP contribution in [-0.2, 0) is 26.1 Å². The Kier molecular flexibility index (Phi) is 4.70. The van der Waals surface area contributed by atoms with Crippen LogP contribution >= 0.6 is 0 Å². The van der Waals surface area contributed by atoms with E-state index in [1.807, 2.05) is 0 Å². The van der Waals surface area contributed by atoms with E-state index in [4.69, 9.17) is 4.74 Å². The highest BCUT2D eigenvalue weighted by atomic mass is 32.2. The number of sulfonamides is 1. The second kappa shape index (κ2) is 6.59. The van der Waals surface area contributed by atoms with Crippen molar-refractivity contribution in [2.24, 2.45) is 11.8 Å². The minimum atomic E-state index is -3.45. The van der Waals surface area contributed by atoms with Crippen LogP contribution in [0, 0.1) is 11.8 Å². The van der Waals surface area contributed by atoms with E-state index in [0.717, 1.165) is 12.0 Å². The number of ether oxygens (including phenoxy) is 1. The molecule has 6 nitrogen and oxygen atoms in total. The molecule has 126 valence electrons. The maximum atomic E-state index is 12.5. The Morgan fingerprint density at radius 1 is 1.26 bits per heavy atom. The van der Waals surface area contributed by atoms with E-state index in [0.29, 0.717) is 38.8 Å². The van der Waals surface area contributed by atoms with Gasteiger partial charge in [0, 0.05) is 25.6 Å². The topological polar surface area (TPSA) is 75.7 Å². The number of hydrogen-bond donors (Lipinski definition) is 1. The van der Waals surface area contributed by atoms with E-state index < -0.39 is 10.0 Å². The average molecular weight is 338 g/mol. The smallest absolute Gasteiger partial charge is 0.243 e. The molecule has 0 spiro atoms. The van der Waals surface area contributed by atoms with E-state index in [2.05, 4.69) is 12.2 Å². The van der Waals surface area contributed by atoms with Gasteiger partial charge in [0.1, 0.15) is 0 Å². The molecule has 2 fully saturated rings. The minimum absolute atomic E-state index is 0.0857. The van der Waals surface area contributed by atoms with Gasteiger partial charge in [-0.3, -0.25) is 4.79 Å². The molecule has 1 aliphatic carbocycles. The number of nitrogens with one attached hydrogen (secondary N) is 1. The van der Waals surface area contributed by atoms with Crippen molar-refractivity contribution in [3.8, 4) is 0 Å². The van der Waals surface area contributed by atoms with Crippen LogP contribution in [0.15, 0.2) is 29.2 Å². The van der Waals surface area contributed by atoms with Gasteiger partial charge in [-0.15, -0.1) is 0 Å². The van der Waals surface area contributed by atoms with Gasteiger partial charge < -0.3 is 10.1 Å². The zero-order valence-corrected chi connectivity index (χ0v) is 14.0. The normalized spacial score (nSPS) is 25.1. The number of hydrogen-bond acceptors (Lipinski definition) is 4. The monoisotopic (exact) mass is 338 g/mol. The molecule has 23 heavy (non-hydrogen) atoms. The van der Waals surface area contributed by atoms with Gasteiger partial charge in [0.25, 0.3) is 0 Å². The van der Waals surface area contributed by atoms with Crippen molar-refractivity contribution in [3.63, 3.8) is 0 Å². The zero-order chi connectivity index (χ0) is 16.4. The lowest BCUT2D eigenvalue weighted by atomic mass is 10.2. The number of amides is 1. The first-order valence-corrected chi connectivity index (χ1v) is 9.37. The number of nitrogens with zero attached hydrogens (tertiary/aromatic N) is 1. The highest BCUT2D eigenvalue weighted by molar-refractivity contribution is 7.89. The van der Waals surface area contributed by atoms with Crippen LogP contribution in [0.25, 0.3) is 0 Å². The van der Waals surface area contributed by atoms with Crippen molar-refractivity contribution in [1.82, 2.24) is 9.62 Å². The maximum absolute atomic E-state index is 12.5. The molecule has 0 unspecified atom stereocenters. The highest BCUT2D eigenvalue weighted by Gasteiger charge is 2.38. The summed E-state index contributed by atoms with van der Waals surface area (Å²) in [5, 5.41) is 2.90. The van der Waals surface area contributed by atoms with E-state index in [1.54, 1.807) is 24.3 Å². The van der Waals surface area contributed by atoms with Gasteiger partial charge in [-0.2, -0.15) is 4.31 Å². The van der Waals surface area contributed by atoms with E-state index in [1.165, 1.54) is 4.31 Å². The fourth-order valence-corrected chi connectivity index (χ4v) is 4.13. The second-order valence-corrected chi connectivity index (χ2v) is 8.14. The highest BCUT2D eigenvalue weighted by Crippen LogP contribution is 2.37. The first-order chi connectivity index (χ1) is 11.0. The van der Waals surface area contributed by atoms with Crippen molar-refractivity contribution in [2.45, 2.75) is 24.8 Å². The molecular formula is C16H22N2O4S. The van der Waals surface area contributed by atoms with E-state index in [9.17, 15) is 13.2 Å². The van der Waals surface area contributed by atoms with Gasteiger partial charge in [-0.25, -0.2) is 8.42 Å². The molecule has 1 heterocycles. The molecule has 1 aromatic carbocycles. The van der Waals surface area contributed by atoms with Gasteiger partial charge in [0.05, 0.1) is 18.1 Å². The molecule has 0 aromatic heterocycles. The molecule has 1 N–H and O–H groups in total. The van der Waals surface area contributed by atoms with Crippen LogP contribution in [0.1, 0.15) is 18.9 Å². The lowest BCUT2D eigenvalue weighted by Gasteiger charge is -2.26. The van der Waals surface area contributed by atoms with Crippen molar-refractivity contribution in [1.29, 1.82) is 0 Å².